The van der Waals surface area contributed by atoms with Gasteiger partial charge in [0.2, 0.25) is 5.91 Å². The molecule has 1 saturated carbocycles. The summed E-state index contributed by atoms with van der Waals surface area (Å²) in [5.74, 6) is 0.780. The van der Waals surface area contributed by atoms with Crippen molar-refractivity contribution in [2.75, 3.05) is 19.6 Å². The summed E-state index contributed by atoms with van der Waals surface area (Å²) in [7, 11) is 0. The monoisotopic (exact) mass is 350 g/mol. The van der Waals surface area contributed by atoms with Gasteiger partial charge in [-0.05, 0) is 61.5 Å². The van der Waals surface area contributed by atoms with Crippen LogP contribution < -0.4 is 5.32 Å². The second-order valence-electron chi connectivity index (χ2n) is 7.45. The van der Waals surface area contributed by atoms with Crippen LogP contribution in [0.5, 0.6) is 5.75 Å². The number of benzene rings is 2. The lowest BCUT2D eigenvalue weighted by Crippen LogP contribution is -2.37. The lowest BCUT2D eigenvalue weighted by molar-refractivity contribution is -0.122. The Morgan fingerprint density at radius 3 is 2.46 bits per heavy atom. The highest BCUT2D eigenvalue weighted by molar-refractivity contribution is 5.83. The highest BCUT2D eigenvalue weighted by Gasteiger charge is 2.44. The lowest BCUT2D eigenvalue weighted by atomic mass is 10.1. The highest BCUT2D eigenvalue weighted by atomic mass is 16.3. The number of amides is 1. The van der Waals surface area contributed by atoms with Gasteiger partial charge in [-0.25, -0.2) is 0 Å². The van der Waals surface area contributed by atoms with E-state index in [1.165, 1.54) is 18.4 Å². The van der Waals surface area contributed by atoms with Crippen molar-refractivity contribution in [3.8, 4) is 5.75 Å². The van der Waals surface area contributed by atoms with E-state index >= 15 is 0 Å². The van der Waals surface area contributed by atoms with E-state index in [9.17, 15) is 9.90 Å². The quantitative estimate of drug-likeness (QED) is 0.839. The Morgan fingerprint density at radius 1 is 1.08 bits per heavy atom. The van der Waals surface area contributed by atoms with E-state index in [2.05, 4.69) is 34.5 Å². The van der Waals surface area contributed by atoms with E-state index in [0.29, 0.717) is 6.54 Å². The molecular formula is C22H26N2O2. The van der Waals surface area contributed by atoms with Gasteiger partial charge in [-0.15, -0.1) is 0 Å². The largest absolute Gasteiger partial charge is 0.508 e. The van der Waals surface area contributed by atoms with E-state index in [4.69, 9.17) is 0 Å². The Bertz CT molecular complexity index is 738. The molecule has 1 aliphatic heterocycles. The zero-order valence-corrected chi connectivity index (χ0v) is 15.0. The van der Waals surface area contributed by atoms with Gasteiger partial charge in [0.1, 0.15) is 5.75 Å². The zero-order valence-electron chi connectivity index (χ0n) is 15.0. The number of hydrogen-bond acceptors (Lipinski definition) is 3. The number of phenols is 1. The predicted octanol–water partition coefficient (Wildman–Crippen LogP) is 3.45. The molecule has 26 heavy (non-hydrogen) atoms. The third-order valence-electron chi connectivity index (χ3n) is 5.68. The van der Waals surface area contributed by atoms with Crippen molar-refractivity contribution in [1.82, 2.24) is 10.2 Å². The molecule has 1 heterocycles. The van der Waals surface area contributed by atoms with Crippen LogP contribution >= 0.6 is 0 Å². The molecule has 2 N–H and O–H groups in total. The van der Waals surface area contributed by atoms with Gasteiger partial charge < -0.3 is 10.4 Å². The van der Waals surface area contributed by atoms with Gasteiger partial charge in [-0.1, -0.05) is 42.5 Å². The number of aromatic hydroxyl groups is 1. The minimum atomic E-state index is 0.0644. The number of carbonyl (C=O) groups excluding carboxylic acids is 1. The molecule has 4 heteroatoms. The first kappa shape index (κ1) is 17.1. The van der Waals surface area contributed by atoms with E-state index < -0.39 is 0 Å². The number of hydrogen-bond donors (Lipinski definition) is 2. The molecule has 4 nitrogen and oxygen atoms in total. The van der Waals surface area contributed by atoms with E-state index in [1.54, 1.807) is 12.1 Å². The average molecular weight is 350 g/mol. The first-order valence-electron chi connectivity index (χ1n) is 9.58. The number of nitrogens with zero attached hydrogens (tertiary/aromatic N) is 1. The molecular weight excluding hydrogens is 324 g/mol. The van der Waals surface area contributed by atoms with Crippen LogP contribution in [0.3, 0.4) is 0 Å². The summed E-state index contributed by atoms with van der Waals surface area (Å²) in [6.07, 6.45) is 3.38. The fourth-order valence-electron chi connectivity index (χ4n) is 4.09. The number of carbonyl (C=O) groups is 1. The maximum Gasteiger partial charge on any atom is 0.223 e. The molecule has 2 aromatic rings. The van der Waals surface area contributed by atoms with Crippen molar-refractivity contribution in [2.45, 2.75) is 31.2 Å². The Balaban J connectivity index is 1.37. The smallest absolute Gasteiger partial charge is 0.223 e. The van der Waals surface area contributed by atoms with Crippen molar-refractivity contribution in [3.63, 3.8) is 0 Å². The summed E-state index contributed by atoms with van der Waals surface area (Å²) >= 11 is 0. The molecule has 4 rings (SSSR count). The Hall–Kier alpha value is -2.33. The predicted molar refractivity (Wildman–Crippen MR) is 102 cm³/mol. The number of likely N-dealkylation sites (tertiary alicyclic amines) is 1. The molecule has 0 bridgehead atoms. The SMILES string of the molecule is O=C(NCC(c1ccccc1)N1CCCC1)C1CC1c1ccc(O)cc1. The summed E-state index contributed by atoms with van der Waals surface area (Å²) in [6, 6.07) is 18.0. The normalized spacial score (nSPS) is 23.5. The van der Waals surface area contributed by atoms with Crippen molar-refractivity contribution >= 4 is 5.91 Å². The van der Waals surface area contributed by atoms with Crippen LogP contribution in [0.4, 0.5) is 0 Å². The van der Waals surface area contributed by atoms with Crippen LogP contribution in [0.1, 0.15) is 42.3 Å². The third-order valence-corrected chi connectivity index (χ3v) is 5.68. The summed E-state index contributed by atoms with van der Waals surface area (Å²) in [5, 5.41) is 12.6. The summed E-state index contributed by atoms with van der Waals surface area (Å²) in [5.41, 5.74) is 2.42. The molecule has 2 aromatic carbocycles. The van der Waals surface area contributed by atoms with Gasteiger partial charge in [0.05, 0.1) is 6.04 Å². The van der Waals surface area contributed by atoms with Crippen LogP contribution in [-0.4, -0.2) is 35.5 Å². The third kappa shape index (κ3) is 3.75. The van der Waals surface area contributed by atoms with E-state index in [-0.39, 0.29) is 29.5 Å². The molecule has 0 radical (unpaired) electrons. The Morgan fingerprint density at radius 2 is 1.77 bits per heavy atom. The van der Waals surface area contributed by atoms with Crippen molar-refractivity contribution in [2.24, 2.45) is 5.92 Å². The summed E-state index contributed by atoms with van der Waals surface area (Å²) < 4.78 is 0. The van der Waals surface area contributed by atoms with Gasteiger partial charge in [-0.3, -0.25) is 9.69 Å². The molecule has 1 aliphatic carbocycles. The number of rotatable bonds is 6. The molecule has 2 fully saturated rings. The minimum Gasteiger partial charge on any atom is -0.508 e. The van der Waals surface area contributed by atoms with Gasteiger partial charge in [0, 0.05) is 12.5 Å². The van der Waals surface area contributed by atoms with Crippen LogP contribution in [-0.2, 0) is 4.79 Å². The van der Waals surface area contributed by atoms with Crippen LogP contribution in [0.25, 0.3) is 0 Å². The van der Waals surface area contributed by atoms with Crippen LogP contribution in [0, 0.1) is 5.92 Å². The van der Waals surface area contributed by atoms with E-state index in [1.807, 2.05) is 18.2 Å². The zero-order chi connectivity index (χ0) is 17.9. The van der Waals surface area contributed by atoms with Crippen molar-refractivity contribution in [3.05, 3.63) is 65.7 Å². The number of phenolic OH excluding ortho intramolecular Hbond substituents is 1. The number of nitrogens with one attached hydrogen (secondary N) is 1. The first-order valence-corrected chi connectivity index (χ1v) is 9.58. The maximum atomic E-state index is 12.6. The van der Waals surface area contributed by atoms with Gasteiger partial charge in [-0.2, -0.15) is 0 Å². The molecule has 3 atom stereocenters. The molecule has 0 spiro atoms. The average Bonchev–Trinajstić information content (AvgIpc) is 3.29. The van der Waals surface area contributed by atoms with Crippen molar-refractivity contribution in [1.29, 1.82) is 0 Å². The molecule has 136 valence electrons. The Kier molecular flexibility index (Phi) is 4.93. The van der Waals surface area contributed by atoms with Gasteiger partial charge in [0.25, 0.3) is 0 Å². The minimum absolute atomic E-state index is 0.0644. The lowest BCUT2D eigenvalue weighted by Gasteiger charge is -2.28. The van der Waals surface area contributed by atoms with Crippen molar-refractivity contribution < 1.29 is 9.90 Å². The van der Waals surface area contributed by atoms with E-state index in [0.717, 1.165) is 25.1 Å². The maximum absolute atomic E-state index is 12.6. The summed E-state index contributed by atoms with van der Waals surface area (Å²) in [4.78, 5) is 15.1. The standard InChI is InChI=1S/C22H26N2O2/c25-18-10-8-16(9-11-18)19-14-20(19)22(26)23-15-21(24-12-4-5-13-24)17-6-2-1-3-7-17/h1-3,6-11,19-21,25H,4-5,12-15H2,(H,23,26). The Labute approximate surface area is 154 Å². The van der Waals surface area contributed by atoms with Crippen LogP contribution in [0.2, 0.25) is 0 Å². The molecule has 0 aromatic heterocycles. The fourth-order valence-corrected chi connectivity index (χ4v) is 4.09. The highest BCUT2D eigenvalue weighted by Crippen LogP contribution is 2.47. The first-order chi connectivity index (χ1) is 12.7. The second kappa shape index (κ2) is 7.50. The molecule has 2 aliphatic rings. The second-order valence-corrected chi connectivity index (χ2v) is 7.45. The molecule has 1 amide bonds. The molecule has 1 saturated heterocycles. The van der Waals surface area contributed by atoms with Gasteiger partial charge in [0.15, 0.2) is 0 Å². The topological polar surface area (TPSA) is 52.6 Å². The fraction of sp³-hybridized carbons (Fsp3) is 0.409. The van der Waals surface area contributed by atoms with Gasteiger partial charge >= 0.3 is 0 Å². The summed E-state index contributed by atoms with van der Waals surface area (Å²) in [6.45, 7) is 2.88. The van der Waals surface area contributed by atoms with Crippen LogP contribution in [0.15, 0.2) is 54.6 Å². The molecule has 3 unspecified atom stereocenters.